The lowest BCUT2D eigenvalue weighted by Gasteiger charge is -2.12. The molecule has 0 bridgehead atoms. The molecule has 0 aromatic heterocycles. The predicted octanol–water partition coefficient (Wildman–Crippen LogP) is 3.85. The van der Waals surface area contributed by atoms with Gasteiger partial charge in [-0.3, -0.25) is 4.79 Å². The summed E-state index contributed by atoms with van der Waals surface area (Å²) < 4.78 is 5.50. The van der Waals surface area contributed by atoms with Crippen LogP contribution in [0.2, 0.25) is 5.02 Å². The Morgan fingerprint density at radius 3 is 2.73 bits per heavy atom. The number of hydrogen-bond acceptors (Lipinski definition) is 3. The van der Waals surface area contributed by atoms with E-state index >= 15 is 0 Å². The number of ether oxygens (including phenoxy) is 1. The van der Waals surface area contributed by atoms with Gasteiger partial charge in [-0.15, -0.1) is 0 Å². The largest absolute Gasteiger partial charge is 0.482 e. The van der Waals surface area contributed by atoms with Crippen LogP contribution in [0.4, 0.5) is 5.69 Å². The van der Waals surface area contributed by atoms with Gasteiger partial charge in [0, 0.05) is 0 Å². The number of carbonyl (C=O) groups excluding carboxylic acids is 1. The van der Waals surface area contributed by atoms with E-state index in [1.54, 1.807) is 30.3 Å². The van der Waals surface area contributed by atoms with Crippen LogP contribution in [0, 0.1) is 25.2 Å². The molecule has 0 unspecified atom stereocenters. The number of nitrogens with zero attached hydrogens (tertiary/aromatic N) is 1. The molecule has 0 saturated heterocycles. The van der Waals surface area contributed by atoms with E-state index in [1.165, 1.54) is 0 Å². The van der Waals surface area contributed by atoms with E-state index in [1.807, 2.05) is 26.0 Å². The molecule has 4 nitrogen and oxygen atoms in total. The Morgan fingerprint density at radius 2 is 2.05 bits per heavy atom. The number of nitrogens with one attached hydrogen (secondary N) is 1. The van der Waals surface area contributed by atoms with E-state index in [9.17, 15) is 4.79 Å². The molecular weight excluding hydrogens is 300 g/mol. The molecule has 5 heteroatoms. The maximum Gasteiger partial charge on any atom is 0.262 e. The highest BCUT2D eigenvalue weighted by molar-refractivity contribution is 6.32. The Hall–Kier alpha value is -2.51. The van der Waals surface area contributed by atoms with Gasteiger partial charge < -0.3 is 10.1 Å². The normalized spacial score (nSPS) is 9.91. The van der Waals surface area contributed by atoms with Crippen LogP contribution >= 0.6 is 11.6 Å². The molecule has 22 heavy (non-hydrogen) atoms. The minimum absolute atomic E-state index is 0.177. The van der Waals surface area contributed by atoms with Gasteiger partial charge in [-0.25, -0.2) is 0 Å². The van der Waals surface area contributed by atoms with Crippen LogP contribution in [0.5, 0.6) is 5.75 Å². The maximum atomic E-state index is 12.0. The number of hydrogen-bond donors (Lipinski definition) is 1. The number of anilines is 1. The van der Waals surface area contributed by atoms with Crippen LogP contribution in [0.1, 0.15) is 16.7 Å². The molecular formula is C17H15ClN2O2. The third-order valence-corrected chi connectivity index (χ3v) is 3.32. The molecule has 2 aromatic carbocycles. The molecule has 2 rings (SSSR count). The number of nitriles is 1. The van der Waals surface area contributed by atoms with Gasteiger partial charge >= 0.3 is 0 Å². The molecule has 1 amide bonds. The first kappa shape index (κ1) is 15.9. The first-order valence-corrected chi connectivity index (χ1v) is 7.07. The summed E-state index contributed by atoms with van der Waals surface area (Å²) in [7, 11) is 0. The second kappa shape index (κ2) is 6.97. The number of rotatable bonds is 4. The van der Waals surface area contributed by atoms with Crippen molar-refractivity contribution < 1.29 is 9.53 Å². The third-order valence-electron chi connectivity index (χ3n) is 3.04. The molecule has 2 aromatic rings. The van der Waals surface area contributed by atoms with Crippen molar-refractivity contribution in [1.29, 1.82) is 5.26 Å². The topological polar surface area (TPSA) is 62.1 Å². The molecule has 0 radical (unpaired) electrons. The van der Waals surface area contributed by atoms with Crippen molar-refractivity contribution in [2.75, 3.05) is 11.9 Å². The summed E-state index contributed by atoms with van der Waals surface area (Å²) in [5.74, 6) is 0.148. The lowest BCUT2D eigenvalue weighted by atomic mass is 10.1. The first-order chi connectivity index (χ1) is 10.5. The summed E-state index contributed by atoms with van der Waals surface area (Å²) in [6, 6.07) is 12.5. The highest BCUT2D eigenvalue weighted by Gasteiger charge is 2.11. The summed E-state index contributed by atoms with van der Waals surface area (Å²) in [5, 5.41) is 12.1. The van der Waals surface area contributed by atoms with Gasteiger partial charge in [0.05, 0.1) is 16.3 Å². The molecule has 0 spiro atoms. The number of carbonyl (C=O) groups is 1. The van der Waals surface area contributed by atoms with E-state index < -0.39 is 0 Å². The zero-order valence-corrected chi connectivity index (χ0v) is 13.1. The Bertz CT molecular complexity index is 728. The Labute approximate surface area is 134 Å². The van der Waals surface area contributed by atoms with E-state index in [-0.39, 0.29) is 12.5 Å². The molecule has 0 fully saturated rings. The van der Waals surface area contributed by atoms with Crippen LogP contribution in [-0.2, 0) is 4.79 Å². The van der Waals surface area contributed by atoms with Crippen molar-refractivity contribution in [3.05, 3.63) is 58.1 Å². The molecule has 112 valence electrons. The van der Waals surface area contributed by atoms with Gasteiger partial charge in [0.15, 0.2) is 6.61 Å². The molecule has 0 saturated carbocycles. The fourth-order valence-corrected chi connectivity index (χ4v) is 2.47. The zero-order valence-electron chi connectivity index (χ0n) is 12.3. The van der Waals surface area contributed by atoms with E-state index in [4.69, 9.17) is 21.6 Å². The first-order valence-electron chi connectivity index (χ1n) is 6.70. The van der Waals surface area contributed by atoms with Crippen LogP contribution in [-0.4, -0.2) is 12.5 Å². The molecule has 0 aliphatic heterocycles. The summed E-state index contributed by atoms with van der Waals surface area (Å²) >= 11 is 6.13. The van der Waals surface area contributed by atoms with Gasteiger partial charge in [0.25, 0.3) is 5.91 Å². The molecule has 1 N–H and O–H groups in total. The number of amides is 1. The van der Waals surface area contributed by atoms with Gasteiger partial charge in [-0.05, 0) is 43.2 Å². The van der Waals surface area contributed by atoms with Gasteiger partial charge in [0.1, 0.15) is 11.8 Å². The van der Waals surface area contributed by atoms with Gasteiger partial charge in [0.2, 0.25) is 0 Å². The van der Waals surface area contributed by atoms with Crippen molar-refractivity contribution in [1.82, 2.24) is 0 Å². The van der Waals surface area contributed by atoms with Crippen molar-refractivity contribution >= 4 is 23.2 Å². The number of benzene rings is 2. The summed E-state index contributed by atoms with van der Waals surface area (Å²) in [5.41, 5.74) is 2.77. The monoisotopic (exact) mass is 314 g/mol. The van der Waals surface area contributed by atoms with Crippen LogP contribution in [0.25, 0.3) is 0 Å². The quantitative estimate of drug-likeness (QED) is 0.932. The lowest BCUT2D eigenvalue weighted by molar-refractivity contribution is -0.118. The Balaban J connectivity index is 2.04. The fraction of sp³-hybridized carbons (Fsp3) is 0.176. The number of halogens is 1. The average molecular weight is 315 g/mol. The fourth-order valence-electron chi connectivity index (χ4n) is 2.10. The minimum atomic E-state index is -0.348. The molecule has 0 aliphatic carbocycles. The van der Waals surface area contributed by atoms with Gasteiger partial charge in [-0.1, -0.05) is 29.8 Å². The zero-order chi connectivity index (χ0) is 16.1. The van der Waals surface area contributed by atoms with E-state index in [0.717, 1.165) is 11.1 Å². The third kappa shape index (κ3) is 3.78. The predicted molar refractivity (Wildman–Crippen MR) is 86.2 cm³/mol. The van der Waals surface area contributed by atoms with Crippen molar-refractivity contribution in [3.63, 3.8) is 0 Å². The van der Waals surface area contributed by atoms with Crippen molar-refractivity contribution in [2.24, 2.45) is 0 Å². The number of aryl methyl sites for hydroxylation is 2. The Morgan fingerprint density at radius 1 is 1.32 bits per heavy atom. The minimum Gasteiger partial charge on any atom is -0.482 e. The molecule has 0 atom stereocenters. The summed E-state index contributed by atoms with van der Waals surface area (Å²) in [4.78, 5) is 12.0. The second-order valence-electron chi connectivity index (χ2n) is 4.89. The number of para-hydroxylation sites is 1. The average Bonchev–Trinajstić information content (AvgIpc) is 2.46. The van der Waals surface area contributed by atoms with Gasteiger partial charge in [-0.2, -0.15) is 5.26 Å². The van der Waals surface area contributed by atoms with E-state index in [0.29, 0.717) is 22.0 Å². The van der Waals surface area contributed by atoms with Crippen molar-refractivity contribution in [3.8, 4) is 11.8 Å². The smallest absolute Gasteiger partial charge is 0.262 e. The van der Waals surface area contributed by atoms with Crippen molar-refractivity contribution in [2.45, 2.75) is 13.8 Å². The summed E-state index contributed by atoms with van der Waals surface area (Å²) in [6.07, 6.45) is 0. The standard InChI is InChI=1S/C17H15ClN2O2/c1-11-7-12(2)17(14(18)8-11)22-10-16(21)20-15-6-4-3-5-13(15)9-19/h3-8H,10H2,1-2H3,(H,20,21). The second-order valence-corrected chi connectivity index (χ2v) is 5.29. The molecule has 0 heterocycles. The SMILES string of the molecule is Cc1cc(C)c(OCC(=O)Nc2ccccc2C#N)c(Cl)c1. The lowest BCUT2D eigenvalue weighted by Crippen LogP contribution is -2.21. The van der Waals surface area contributed by atoms with E-state index in [2.05, 4.69) is 5.32 Å². The Kier molecular flexibility index (Phi) is 5.03. The maximum absolute atomic E-state index is 12.0. The van der Waals surface area contributed by atoms with Crippen LogP contribution < -0.4 is 10.1 Å². The highest BCUT2D eigenvalue weighted by Crippen LogP contribution is 2.29. The van der Waals surface area contributed by atoms with Crippen LogP contribution in [0.3, 0.4) is 0 Å². The summed E-state index contributed by atoms with van der Waals surface area (Å²) in [6.45, 7) is 3.63. The van der Waals surface area contributed by atoms with Crippen LogP contribution in [0.15, 0.2) is 36.4 Å². The molecule has 0 aliphatic rings. The highest BCUT2D eigenvalue weighted by atomic mass is 35.5.